The Labute approximate surface area is 181 Å². The van der Waals surface area contributed by atoms with E-state index in [9.17, 15) is 9.59 Å². The van der Waals surface area contributed by atoms with Gasteiger partial charge in [-0.3, -0.25) is 9.59 Å². The van der Waals surface area contributed by atoms with Crippen molar-refractivity contribution in [3.8, 4) is 0 Å². The summed E-state index contributed by atoms with van der Waals surface area (Å²) >= 11 is 0. The number of nitrogens with zero attached hydrogens (tertiary/aromatic N) is 4. The molecule has 1 unspecified atom stereocenters. The molecular formula is C24H26N4O3. The zero-order valence-corrected chi connectivity index (χ0v) is 17.9. The van der Waals surface area contributed by atoms with E-state index in [-0.39, 0.29) is 24.2 Å². The van der Waals surface area contributed by atoms with Crippen molar-refractivity contribution >= 4 is 34.3 Å². The predicted molar refractivity (Wildman–Crippen MR) is 119 cm³/mol. The number of aromatic nitrogens is 1. The molecule has 2 saturated heterocycles. The zero-order valence-electron chi connectivity index (χ0n) is 17.9. The quantitative estimate of drug-likeness (QED) is 0.654. The van der Waals surface area contributed by atoms with Crippen molar-refractivity contribution in [3.05, 3.63) is 53.9 Å². The number of aryl methyl sites for hydroxylation is 2. The van der Waals surface area contributed by atoms with Gasteiger partial charge < -0.3 is 19.1 Å². The minimum absolute atomic E-state index is 0.0172. The summed E-state index contributed by atoms with van der Waals surface area (Å²) in [5.41, 5.74) is 4.68. The van der Waals surface area contributed by atoms with Crippen LogP contribution in [0.15, 0.2) is 46.9 Å². The molecule has 5 rings (SSSR count). The van der Waals surface area contributed by atoms with Gasteiger partial charge in [-0.1, -0.05) is 18.2 Å². The SMILES string of the molecule is Cc1nc2cc(N3CC(C(=O)N4CCN(c5ccccc5C)CC4)CC3=O)ccc2o1. The van der Waals surface area contributed by atoms with E-state index in [1.807, 2.05) is 29.2 Å². The normalized spacial score (nSPS) is 19.5. The summed E-state index contributed by atoms with van der Waals surface area (Å²) in [7, 11) is 0. The molecule has 2 fully saturated rings. The second kappa shape index (κ2) is 7.72. The lowest BCUT2D eigenvalue weighted by Gasteiger charge is -2.37. The van der Waals surface area contributed by atoms with Crippen LogP contribution in [0.3, 0.4) is 0 Å². The molecule has 2 aliphatic rings. The van der Waals surface area contributed by atoms with E-state index in [1.165, 1.54) is 11.3 Å². The summed E-state index contributed by atoms with van der Waals surface area (Å²) in [5, 5.41) is 0. The molecule has 1 atom stereocenters. The first kappa shape index (κ1) is 19.6. The standard InChI is InChI=1S/C24H26N4O3/c1-16-5-3-4-6-21(16)26-9-11-27(12-10-26)24(30)18-13-23(29)28(15-18)19-7-8-22-20(14-19)25-17(2)31-22/h3-8,14,18H,9-13,15H2,1-2H3. The minimum Gasteiger partial charge on any atom is -0.441 e. The van der Waals surface area contributed by atoms with Gasteiger partial charge in [-0.25, -0.2) is 4.98 Å². The molecular weight excluding hydrogens is 392 g/mol. The maximum Gasteiger partial charge on any atom is 0.228 e. The monoisotopic (exact) mass is 418 g/mol. The van der Waals surface area contributed by atoms with Crippen LogP contribution in [0.1, 0.15) is 17.9 Å². The fourth-order valence-electron chi connectivity index (χ4n) is 4.67. The van der Waals surface area contributed by atoms with Gasteiger partial charge in [0.1, 0.15) is 5.52 Å². The Balaban J connectivity index is 1.24. The second-order valence-electron chi connectivity index (χ2n) is 8.39. The maximum atomic E-state index is 13.1. The number of piperazine rings is 1. The molecule has 0 bridgehead atoms. The van der Waals surface area contributed by atoms with Crippen LogP contribution in [-0.4, -0.2) is 54.4 Å². The zero-order chi connectivity index (χ0) is 21.5. The average Bonchev–Trinajstić information content (AvgIpc) is 3.34. The lowest BCUT2D eigenvalue weighted by molar-refractivity contribution is -0.136. The van der Waals surface area contributed by atoms with Gasteiger partial charge in [0, 0.05) is 57.4 Å². The number of oxazole rings is 1. The number of fused-ring (bicyclic) bond motifs is 1. The molecule has 0 spiro atoms. The van der Waals surface area contributed by atoms with Crippen molar-refractivity contribution in [3.63, 3.8) is 0 Å². The Kier molecular flexibility index (Phi) is 4.88. The van der Waals surface area contributed by atoms with E-state index < -0.39 is 0 Å². The smallest absolute Gasteiger partial charge is 0.228 e. The fourth-order valence-corrected chi connectivity index (χ4v) is 4.67. The summed E-state index contributed by atoms with van der Waals surface area (Å²) in [6, 6.07) is 13.9. The van der Waals surface area contributed by atoms with Crippen LogP contribution in [0.25, 0.3) is 11.1 Å². The summed E-state index contributed by atoms with van der Waals surface area (Å²) < 4.78 is 5.52. The van der Waals surface area contributed by atoms with Crippen LogP contribution >= 0.6 is 0 Å². The van der Waals surface area contributed by atoms with Crippen molar-refractivity contribution in [2.45, 2.75) is 20.3 Å². The Morgan fingerprint density at radius 2 is 1.84 bits per heavy atom. The molecule has 0 N–H and O–H groups in total. The molecule has 160 valence electrons. The highest BCUT2D eigenvalue weighted by molar-refractivity contribution is 6.01. The number of para-hydroxylation sites is 1. The average molecular weight is 418 g/mol. The van der Waals surface area contributed by atoms with Gasteiger partial charge in [0.15, 0.2) is 11.5 Å². The van der Waals surface area contributed by atoms with Gasteiger partial charge in [0.05, 0.1) is 5.92 Å². The predicted octanol–water partition coefficient (Wildman–Crippen LogP) is 3.15. The number of carbonyl (C=O) groups excluding carboxylic acids is 2. The Morgan fingerprint density at radius 1 is 1.06 bits per heavy atom. The summed E-state index contributed by atoms with van der Waals surface area (Å²) in [6.45, 7) is 7.31. The van der Waals surface area contributed by atoms with Crippen molar-refractivity contribution in [2.24, 2.45) is 5.92 Å². The number of amides is 2. The van der Waals surface area contributed by atoms with E-state index in [2.05, 4.69) is 35.0 Å². The van der Waals surface area contributed by atoms with Gasteiger partial charge in [-0.15, -0.1) is 0 Å². The van der Waals surface area contributed by atoms with Crippen LogP contribution in [0.5, 0.6) is 0 Å². The van der Waals surface area contributed by atoms with E-state index >= 15 is 0 Å². The van der Waals surface area contributed by atoms with Crippen molar-refractivity contribution in [1.29, 1.82) is 0 Å². The number of benzene rings is 2. The molecule has 0 saturated carbocycles. The second-order valence-corrected chi connectivity index (χ2v) is 8.39. The molecule has 31 heavy (non-hydrogen) atoms. The topological polar surface area (TPSA) is 69.9 Å². The van der Waals surface area contributed by atoms with E-state index in [0.29, 0.717) is 31.1 Å². The van der Waals surface area contributed by atoms with Crippen LogP contribution < -0.4 is 9.80 Å². The fraction of sp³-hybridized carbons (Fsp3) is 0.375. The lowest BCUT2D eigenvalue weighted by atomic mass is 10.1. The third-order valence-electron chi connectivity index (χ3n) is 6.31. The van der Waals surface area contributed by atoms with Gasteiger partial charge in [-0.05, 0) is 36.8 Å². The van der Waals surface area contributed by atoms with Gasteiger partial charge in [-0.2, -0.15) is 0 Å². The molecule has 2 amide bonds. The van der Waals surface area contributed by atoms with E-state index in [4.69, 9.17) is 4.42 Å². The largest absolute Gasteiger partial charge is 0.441 e. The van der Waals surface area contributed by atoms with Crippen LogP contribution in [-0.2, 0) is 9.59 Å². The molecule has 0 radical (unpaired) electrons. The molecule has 3 heterocycles. The number of carbonyl (C=O) groups is 2. The Bertz CT molecular complexity index is 1150. The maximum absolute atomic E-state index is 13.1. The molecule has 7 heteroatoms. The van der Waals surface area contributed by atoms with Gasteiger partial charge in [0.25, 0.3) is 0 Å². The highest BCUT2D eigenvalue weighted by atomic mass is 16.3. The Hall–Kier alpha value is -3.35. The summed E-state index contributed by atoms with van der Waals surface area (Å²) in [4.78, 5) is 36.1. The molecule has 1 aromatic heterocycles. The minimum atomic E-state index is -0.299. The highest BCUT2D eigenvalue weighted by Crippen LogP contribution is 2.30. The molecule has 2 aromatic carbocycles. The van der Waals surface area contributed by atoms with Crippen molar-refractivity contribution in [2.75, 3.05) is 42.5 Å². The van der Waals surface area contributed by atoms with Crippen molar-refractivity contribution in [1.82, 2.24) is 9.88 Å². The lowest BCUT2D eigenvalue weighted by Crippen LogP contribution is -2.50. The summed E-state index contributed by atoms with van der Waals surface area (Å²) in [5.74, 6) is 0.361. The van der Waals surface area contributed by atoms with Gasteiger partial charge >= 0.3 is 0 Å². The van der Waals surface area contributed by atoms with E-state index in [0.717, 1.165) is 24.3 Å². The Morgan fingerprint density at radius 3 is 2.61 bits per heavy atom. The highest BCUT2D eigenvalue weighted by Gasteiger charge is 2.38. The van der Waals surface area contributed by atoms with Crippen LogP contribution in [0.2, 0.25) is 0 Å². The third-order valence-corrected chi connectivity index (χ3v) is 6.31. The molecule has 7 nitrogen and oxygen atoms in total. The number of anilines is 2. The van der Waals surface area contributed by atoms with Crippen LogP contribution in [0, 0.1) is 19.8 Å². The van der Waals surface area contributed by atoms with E-state index in [1.54, 1.807) is 11.8 Å². The summed E-state index contributed by atoms with van der Waals surface area (Å²) in [6.07, 6.45) is 0.257. The van der Waals surface area contributed by atoms with Gasteiger partial charge in [0.2, 0.25) is 11.8 Å². The van der Waals surface area contributed by atoms with Crippen molar-refractivity contribution < 1.29 is 14.0 Å². The number of rotatable bonds is 3. The first-order chi connectivity index (χ1) is 15.0. The third kappa shape index (κ3) is 3.65. The number of hydrogen-bond acceptors (Lipinski definition) is 5. The number of hydrogen-bond donors (Lipinski definition) is 0. The molecule has 2 aliphatic heterocycles. The first-order valence-electron chi connectivity index (χ1n) is 10.8. The first-order valence-corrected chi connectivity index (χ1v) is 10.8. The molecule has 0 aliphatic carbocycles. The molecule has 3 aromatic rings. The van der Waals surface area contributed by atoms with Crippen LogP contribution in [0.4, 0.5) is 11.4 Å².